The van der Waals surface area contributed by atoms with E-state index in [1.807, 2.05) is 0 Å². The fraction of sp³-hybridized carbons (Fsp3) is 0.692. The minimum absolute atomic E-state index is 0.0522. The summed E-state index contributed by atoms with van der Waals surface area (Å²) in [7, 11) is -2.53. The van der Waals surface area contributed by atoms with Gasteiger partial charge < -0.3 is 47.1 Å². The molecule has 1 unspecified atom stereocenters. The Hall–Kier alpha value is -1.74. The van der Waals surface area contributed by atoms with E-state index in [2.05, 4.69) is 95.3 Å². The van der Waals surface area contributed by atoms with Gasteiger partial charge in [0.1, 0.15) is 0 Å². The van der Waals surface area contributed by atoms with Crippen molar-refractivity contribution in [2.45, 2.75) is 46.1 Å². The maximum Gasteiger partial charge on any atom is 0.261 e. The third kappa shape index (κ3) is 19.2. The zero-order valence-corrected chi connectivity index (χ0v) is 32.6. The molecule has 0 heterocycles. The second-order valence-electron chi connectivity index (χ2n) is 13.0. The monoisotopic (exact) mass is 722 g/mol. The van der Waals surface area contributed by atoms with Crippen molar-refractivity contribution in [1.29, 1.82) is 0 Å². The number of ether oxygens (including phenoxy) is 9. The Balaban J connectivity index is 1.35. The maximum absolute atomic E-state index is 6.85. The van der Waals surface area contributed by atoms with Gasteiger partial charge in [-0.05, 0) is 21.3 Å². The Labute approximate surface area is 303 Å². The molecular formula is C39H66O10Si. The third-order valence-electron chi connectivity index (χ3n) is 8.04. The first kappa shape index (κ1) is 44.4. The van der Waals surface area contributed by atoms with Crippen LogP contribution in [0.15, 0.2) is 60.7 Å². The summed E-state index contributed by atoms with van der Waals surface area (Å²) in [5, 5.41) is 2.49. The number of benzene rings is 2. The molecule has 0 radical (unpaired) electrons. The molecule has 0 aromatic heterocycles. The van der Waals surface area contributed by atoms with Gasteiger partial charge in [-0.25, -0.2) is 0 Å². The Morgan fingerprint density at radius 2 is 0.720 bits per heavy atom. The van der Waals surface area contributed by atoms with E-state index in [0.717, 1.165) is 13.0 Å². The van der Waals surface area contributed by atoms with Crippen LogP contribution in [0, 0.1) is 5.92 Å². The lowest BCUT2D eigenvalue weighted by Crippen LogP contribution is -2.66. The maximum atomic E-state index is 6.85. The van der Waals surface area contributed by atoms with E-state index in [9.17, 15) is 0 Å². The van der Waals surface area contributed by atoms with Crippen LogP contribution in [0.3, 0.4) is 0 Å². The molecule has 1 atom stereocenters. The Kier molecular flexibility index (Phi) is 25.6. The van der Waals surface area contributed by atoms with E-state index >= 15 is 0 Å². The van der Waals surface area contributed by atoms with Crippen molar-refractivity contribution in [1.82, 2.24) is 0 Å². The smallest absolute Gasteiger partial charge is 0.261 e. The molecule has 2 aromatic carbocycles. The van der Waals surface area contributed by atoms with E-state index in [4.69, 9.17) is 47.1 Å². The van der Waals surface area contributed by atoms with Gasteiger partial charge in [0, 0.05) is 6.61 Å². The van der Waals surface area contributed by atoms with Crippen LogP contribution in [0.25, 0.3) is 0 Å². The van der Waals surface area contributed by atoms with Crippen molar-refractivity contribution < 1.29 is 47.1 Å². The molecule has 50 heavy (non-hydrogen) atoms. The van der Waals surface area contributed by atoms with Gasteiger partial charge in [-0.1, -0.05) is 102 Å². The van der Waals surface area contributed by atoms with Gasteiger partial charge in [0.25, 0.3) is 8.32 Å². The highest BCUT2D eigenvalue weighted by atomic mass is 28.4. The highest BCUT2D eigenvalue weighted by molar-refractivity contribution is 6.99. The van der Waals surface area contributed by atoms with E-state index in [1.165, 1.54) is 10.4 Å². The molecule has 2 aromatic rings. The lowest BCUT2D eigenvalue weighted by atomic mass is 10.1. The van der Waals surface area contributed by atoms with Crippen LogP contribution in [0.2, 0.25) is 5.04 Å². The summed E-state index contributed by atoms with van der Waals surface area (Å²) in [6.45, 7) is 21.6. The van der Waals surface area contributed by atoms with E-state index in [-0.39, 0.29) is 5.04 Å². The molecule has 0 aliphatic carbocycles. The molecule has 0 bridgehead atoms. The van der Waals surface area contributed by atoms with Crippen molar-refractivity contribution >= 4 is 18.7 Å². The third-order valence-corrected chi connectivity index (χ3v) is 13.1. The van der Waals surface area contributed by atoms with Crippen LogP contribution in [-0.2, 0) is 47.1 Å². The molecule has 0 aliphatic rings. The summed E-state index contributed by atoms with van der Waals surface area (Å²) >= 11 is 0. The fourth-order valence-corrected chi connectivity index (χ4v) is 9.72. The second kappa shape index (κ2) is 28.8. The van der Waals surface area contributed by atoms with Gasteiger partial charge in [0.05, 0.1) is 119 Å². The fourth-order valence-electron chi connectivity index (χ4n) is 5.18. The largest absolute Gasteiger partial charge is 0.405 e. The number of hydrogen-bond acceptors (Lipinski definition) is 10. The van der Waals surface area contributed by atoms with Crippen LogP contribution < -0.4 is 10.4 Å². The normalized spacial score (nSPS) is 12.8. The molecule has 10 nitrogen and oxygen atoms in total. The molecule has 0 amide bonds. The SMILES string of the molecule is CCC(C)COCCOCCOCCOCCOCCOCCOCCOCCOCCO[Si](c1ccccc1)(c1ccccc1)C(C)(C)C. The molecule has 0 N–H and O–H groups in total. The topological polar surface area (TPSA) is 92.3 Å². The Bertz CT molecular complexity index is 985. The quantitative estimate of drug-likeness (QED) is 0.0759. The molecule has 0 fully saturated rings. The summed E-state index contributed by atoms with van der Waals surface area (Å²) in [5.41, 5.74) is 0. The molecule has 286 valence electrons. The number of rotatable bonds is 33. The molecule has 2 rings (SSSR count). The number of hydrogen-bond donors (Lipinski definition) is 0. The first-order valence-corrected chi connectivity index (χ1v) is 20.3. The minimum Gasteiger partial charge on any atom is -0.405 e. The minimum atomic E-state index is -2.53. The average molecular weight is 723 g/mol. The van der Waals surface area contributed by atoms with Crippen molar-refractivity contribution in [2.75, 3.05) is 126 Å². The Morgan fingerprint density at radius 1 is 0.440 bits per heavy atom. The van der Waals surface area contributed by atoms with Crippen LogP contribution in [0.5, 0.6) is 0 Å². The molecule has 0 spiro atoms. The van der Waals surface area contributed by atoms with Gasteiger partial charge in [-0.2, -0.15) is 0 Å². The van der Waals surface area contributed by atoms with Gasteiger partial charge in [-0.15, -0.1) is 0 Å². The highest BCUT2D eigenvalue weighted by Crippen LogP contribution is 2.36. The second-order valence-corrected chi connectivity index (χ2v) is 17.3. The van der Waals surface area contributed by atoms with E-state index in [1.54, 1.807) is 0 Å². The van der Waals surface area contributed by atoms with E-state index in [0.29, 0.717) is 125 Å². The summed E-state index contributed by atoms with van der Waals surface area (Å²) in [6, 6.07) is 21.3. The van der Waals surface area contributed by atoms with Gasteiger partial charge >= 0.3 is 0 Å². The molecule has 0 aliphatic heterocycles. The summed E-state index contributed by atoms with van der Waals surface area (Å²) < 4.78 is 57.0. The molecule has 0 saturated carbocycles. The van der Waals surface area contributed by atoms with Crippen molar-refractivity contribution in [2.24, 2.45) is 5.92 Å². The zero-order chi connectivity index (χ0) is 36.0. The van der Waals surface area contributed by atoms with Crippen molar-refractivity contribution in [3.8, 4) is 0 Å². The van der Waals surface area contributed by atoms with Gasteiger partial charge in [0.2, 0.25) is 0 Å². The highest BCUT2D eigenvalue weighted by Gasteiger charge is 2.50. The van der Waals surface area contributed by atoms with Gasteiger partial charge in [0.15, 0.2) is 0 Å². The van der Waals surface area contributed by atoms with Crippen LogP contribution in [-0.4, -0.2) is 134 Å². The summed E-state index contributed by atoms with van der Waals surface area (Å²) in [4.78, 5) is 0. The predicted octanol–water partition coefficient (Wildman–Crippen LogP) is 4.76. The van der Waals surface area contributed by atoms with Crippen molar-refractivity contribution in [3.05, 3.63) is 60.7 Å². The molecule has 0 saturated heterocycles. The summed E-state index contributed by atoms with van der Waals surface area (Å²) in [5.74, 6) is 0.597. The average Bonchev–Trinajstić information content (AvgIpc) is 3.12. The molecule has 11 heteroatoms. The predicted molar refractivity (Wildman–Crippen MR) is 200 cm³/mol. The standard InChI is InChI=1S/C39H66O10Si/c1-6-36(2)35-48-32-31-46-28-27-44-24-23-42-20-19-40-17-18-41-21-22-43-25-26-45-29-30-47-33-34-49-50(39(3,4)5,37-13-9-7-10-14-37)38-15-11-8-12-16-38/h7-16,36H,6,17-35H2,1-5H3. The van der Waals surface area contributed by atoms with Crippen molar-refractivity contribution in [3.63, 3.8) is 0 Å². The summed E-state index contributed by atoms with van der Waals surface area (Å²) in [6.07, 6.45) is 1.13. The zero-order valence-electron chi connectivity index (χ0n) is 31.6. The van der Waals surface area contributed by atoms with Crippen LogP contribution in [0.1, 0.15) is 41.0 Å². The first-order valence-electron chi connectivity index (χ1n) is 18.4. The van der Waals surface area contributed by atoms with E-state index < -0.39 is 8.32 Å². The van der Waals surface area contributed by atoms with Crippen LogP contribution in [0.4, 0.5) is 0 Å². The molecular weight excluding hydrogens is 657 g/mol. The lowest BCUT2D eigenvalue weighted by Gasteiger charge is -2.43. The van der Waals surface area contributed by atoms with Gasteiger partial charge in [-0.3, -0.25) is 0 Å². The Morgan fingerprint density at radius 3 is 1.00 bits per heavy atom. The lowest BCUT2D eigenvalue weighted by molar-refractivity contribution is -0.0259. The first-order chi connectivity index (χ1) is 24.4. The van der Waals surface area contributed by atoms with Crippen LogP contribution >= 0.6 is 0 Å².